The first-order valence-electron chi connectivity index (χ1n) is 14.8. The van der Waals surface area contributed by atoms with Gasteiger partial charge in [-0.2, -0.15) is 0 Å². The Labute approximate surface area is 255 Å². The number of likely N-dealkylation sites (tertiary alicyclic amines) is 1. The van der Waals surface area contributed by atoms with Crippen LogP contribution in [0.5, 0.6) is 0 Å². The highest BCUT2D eigenvalue weighted by Crippen LogP contribution is 2.60. The number of nitrogens with zero attached hydrogens (tertiary/aromatic N) is 3. The molecular weight excluding hydrogens is 618 g/mol. The minimum absolute atomic E-state index is 0.0531. The molecule has 2 aromatic rings. The number of aliphatic hydroxyl groups is 1. The fraction of sp³-hybridized carbons (Fsp3) is 0.516. The number of amides is 3. The van der Waals surface area contributed by atoms with Gasteiger partial charge >= 0.3 is 0 Å². The molecule has 0 radical (unpaired) electrons. The molecule has 2 aromatic carbocycles. The maximum absolute atomic E-state index is 14.6. The summed E-state index contributed by atoms with van der Waals surface area (Å²) in [5, 5.41) is 9.80. The van der Waals surface area contributed by atoms with Gasteiger partial charge in [0.05, 0.1) is 37.4 Å². The van der Waals surface area contributed by atoms with Crippen molar-refractivity contribution in [1.82, 2.24) is 4.90 Å². The lowest BCUT2D eigenvalue weighted by molar-refractivity contribution is -0.150. The van der Waals surface area contributed by atoms with E-state index in [1.54, 1.807) is 14.7 Å². The second-order valence-corrected chi connectivity index (χ2v) is 17.5. The van der Waals surface area contributed by atoms with Gasteiger partial charge in [-0.1, -0.05) is 35.0 Å². The summed E-state index contributed by atoms with van der Waals surface area (Å²) < 4.78 is 7.63. The second kappa shape index (κ2) is 10.9. The van der Waals surface area contributed by atoms with Gasteiger partial charge in [0.2, 0.25) is 11.8 Å². The number of carbonyl (C=O) groups is 3. The molecular formula is C31H38BrN3O6Si. The smallest absolute Gasteiger partial charge is 0.264 e. The van der Waals surface area contributed by atoms with Gasteiger partial charge in [-0.25, -0.2) is 0 Å². The largest absolute Gasteiger partial charge is 0.432 e. The Morgan fingerprint density at radius 3 is 2.50 bits per heavy atom. The molecule has 3 fully saturated rings. The summed E-state index contributed by atoms with van der Waals surface area (Å²) in [6.45, 7) is 7.22. The second-order valence-electron chi connectivity index (χ2n) is 12.6. The summed E-state index contributed by atoms with van der Waals surface area (Å²) in [4.78, 5) is 56.7. The highest BCUT2D eigenvalue weighted by molar-refractivity contribution is 9.10. The molecule has 2 N–H and O–H groups in total. The standard InChI is InChI=1S/C31H38BrN3O6Si/c1-19-29(42(2,3)40)26(16-28(38)33-13-4-5-23(33)18-36)41-31(19)24-15-21(32)8-11-25(24)35(30(31)39)17-20-6-9-22(10-7-20)34-14-12-27(34)37/h6-11,15,19,23,26,29,36,40H,4-5,12-14,16-18H2,1-3H3/t19-,23+,26+,29-,31+/m1/s1. The van der Waals surface area contributed by atoms with Gasteiger partial charge in [-0.3, -0.25) is 14.4 Å². The fourth-order valence-corrected chi connectivity index (χ4v) is 10.5. The monoisotopic (exact) mass is 655 g/mol. The van der Waals surface area contributed by atoms with Gasteiger partial charge in [0, 0.05) is 46.7 Å². The van der Waals surface area contributed by atoms with Crippen LogP contribution in [0.1, 0.15) is 43.7 Å². The molecule has 42 heavy (non-hydrogen) atoms. The molecule has 11 heteroatoms. The van der Waals surface area contributed by atoms with Crippen LogP contribution in [-0.2, 0) is 31.3 Å². The molecule has 3 saturated heterocycles. The Kier molecular flexibility index (Phi) is 7.62. The number of benzene rings is 2. The number of halogens is 1. The van der Waals surface area contributed by atoms with Gasteiger partial charge in [0.15, 0.2) is 13.9 Å². The number of β-lactam (4-membered cyclic amide) rings is 1. The third-order valence-corrected chi connectivity index (χ3v) is 12.7. The first-order chi connectivity index (χ1) is 20.0. The van der Waals surface area contributed by atoms with Crippen LogP contribution in [0.25, 0.3) is 0 Å². The zero-order chi connectivity index (χ0) is 30.0. The van der Waals surface area contributed by atoms with Crippen LogP contribution < -0.4 is 9.80 Å². The van der Waals surface area contributed by atoms with Crippen LogP contribution in [0.2, 0.25) is 18.6 Å². The first-order valence-corrected chi connectivity index (χ1v) is 18.6. The van der Waals surface area contributed by atoms with E-state index in [-0.39, 0.29) is 48.3 Å². The van der Waals surface area contributed by atoms with Crippen LogP contribution in [0.4, 0.5) is 11.4 Å². The van der Waals surface area contributed by atoms with Crippen LogP contribution >= 0.6 is 15.9 Å². The van der Waals surface area contributed by atoms with E-state index in [0.29, 0.717) is 19.5 Å². The molecule has 4 aliphatic heterocycles. The van der Waals surface area contributed by atoms with Crippen LogP contribution in [0.15, 0.2) is 46.9 Å². The Balaban J connectivity index is 1.33. The van der Waals surface area contributed by atoms with Crippen molar-refractivity contribution in [1.29, 1.82) is 0 Å². The third kappa shape index (κ3) is 4.73. The Hall–Kier alpha value is -2.57. The average molecular weight is 657 g/mol. The number of carbonyl (C=O) groups excluding carboxylic acids is 3. The number of fused-ring (bicyclic) bond motifs is 2. The molecule has 0 unspecified atom stereocenters. The van der Waals surface area contributed by atoms with E-state index < -0.39 is 20.0 Å². The molecule has 0 aliphatic carbocycles. The lowest BCUT2D eigenvalue weighted by Crippen LogP contribution is -2.46. The summed E-state index contributed by atoms with van der Waals surface area (Å²) in [6.07, 6.45) is 1.59. The number of anilines is 2. The molecule has 4 heterocycles. The topological polar surface area (TPSA) is 111 Å². The maximum atomic E-state index is 14.6. The zero-order valence-electron chi connectivity index (χ0n) is 24.3. The van der Waals surface area contributed by atoms with Gasteiger partial charge in [-0.15, -0.1) is 0 Å². The molecule has 6 rings (SSSR count). The van der Waals surface area contributed by atoms with Crippen LogP contribution in [0, 0.1) is 5.92 Å². The number of ether oxygens (including phenoxy) is 1. The van der Waals surface area contributed by atoms with Crippen molar-refractivity contribution >= 4 is 53.3 Å². The molecule has 9 nitrogen and oxygen atoms in total. The Bertz CT molecular complexity index is 1410. The zero-order valence-corrected chi connectivity index (χ0v) is 26.8. The number of rotatable bonds is 7. The van der Waals surface area contributed by atoms with E-state index in [1.165, 1.54) is 0 Å². The molecule has 1 spiro atoms. The van der Waals surface area contributed by atoms with Crippen molar-refractivity contribution in [2.45, 2.75) is 75.5 Å². The molecule has 224 valence electrons. The third-order valence-electron chi connectivity index (χ3n) is 9.67. The van der Waals surface area contributed by atoms with Gasteiger partial charge < -0.3 is 29.3 Å². The van der Waals surface area contributed by atoms with Gasteiger partial charge in [-0.05, 0) is 61.8 Å². The molecule has 0 saturated carbocycles. The lowest BCUT2D eigenvalue weighted by Gasteiger charge is -2.33. The highest BCUT2D eigenvalue weighted by atomic mass is 79.9. The Morgan fingerprint density at radius 1 is 1.14 bits per heavy atom. The summed E-state index contributed by atoms with van der Waals surface area (Å²) in [5.41, 5.74) is 1.56. The van der Waals surface area contributed by atoms with E-state index in [4.69, 9.17) is 4.74 Å². The number of hydrogen-bond donors (Lipinski definition) is 2. The van der Waals surface area contributed by atoms with Gasteiger partial charge in [0.1, 0.15) is 0 Å². The maximum Gasteiger partial charge on any atom is 0.264 e. The summed E-state index contributed by atoms with van der Waals surface area (Å²) in [5.74, 6) is -0.570. The van der Waals surface area contributed by atoms with E-state index in [2.05, 4.69) is 15.9 Å². The van der Waals surface area contributed by atoms with Crippen molar-refractivity contribution in [3.63, 3.8) is 0 Å². The first kappa shape index (κ1) is 29.5. The fourth-order valence-electron chi connectivity index (χ4n) is 7.60. The van der Waals surface area contributed by atoms with Crippen molar-refractivity contribution < 1.29 is 29.0 Å². The quantitative estimate of drug-likeness (QED) is 0.346. The Morgan fingerprint density at radius 2 is 1.88 bits per heavy atom. The van der Waals surface area contributed by atoms with E-state index >= 15 is 0 Å². The molecule has 3 amide bonds. The average Bonchev–Trinajstić information content (AvgIpc) is 3.59. The van der Waals surface area contributed by atoms with Crippen molar-refractivity contribution in [3.8, 4) is 0 Å². The predicted octanol–water partition coefficient (Wildman–Crippen LogP) is 3.90. The van der Waals surface area contributed by atoms with E-state index in [1.807, 2.05) is 62.5 Å². The minimum atomic E-state index is -2.92. The van der Waals surface area contributed by atoms with Crippen molar-refractivity contribution in [2.24, 2.45) is 5.92 Å². The SMILES string of the molecule is C[C@@H]1[C@@H]([Si](C)(C)O)[C@H](CC(=O)N2CCC[C@H]2CO)O[C@@]12C(=O)N(Cc1ccc(N3CCC3=O)cc1)c1ccc(Br)cc12. The predicted molar refractivity (Wildman–Crippen MR) is 164 cm³/mol. The molecule has 4 aliphatic rings. The van der Waals surface area contributed by atoms with Crippen molar-refractivity contribution in [3.05, 3.63) is 58.1 Å². The van der Waals surface area contributed by atoms with E-state index in [0.717, 1.165) is 46.4 Å². The van der Waals surface area contributed by atoms with Crippen LogP contribution in [-0.4, -0.2) is 72.7 Å². The normalized spacial score (nSPS) is 29.0. The molecule has 0 bridgehead atoms. The minimum Gasteiger partial charge on any atom is -0.432 e. The lowest BCUT2D eigenvalue weighted by atomic mass is 9.82. The number of aliphatic hydroxyl groups excluding tert-OH is 1. The van der Waals surface area contributed by atoms with Gasteiger partial charge in [0.25, 0.3) is 5.91 Å². The van der Waals surface area contributed by atoms with Crippen molar-refractivity contribution in [2.75, 3.05) is 29.5 Å². The summed E-state index contributed by atoms with van der Waals surface area (Å²) >= 11 is 3.59. The molecule has 5 atom stereocenters. The molecule has 0 aromatic heterocycles. The number of hydrogen-bond acceptors (Lipinski definition) is 6. The summed E-state index contributed by atoms with van der Waals surface area (Å²) in [6, 6.07) is 13.3. The highest BCUT2D eigenvalue weighted by Gasteiger charge is 2.66. The van der Waals surface area contributed by atoms with E-state index in [9.17, 15) is 24.3 Å². The summed E-state index contributed by atoms with van der Waals surface area (Å²) in [7, 11) is -2.92. The van der Waals surface area contributed by atoms with Crippen LogP contribution in [0.3, 0.4) is 0 Å².